The summed E-state index contributed by atoms with van der Waals surface area (Å²) in [7, 11) is 0. The third-order valence-corrected chi connectivity index (χ3v) is 15.5. The van der Waals surface area contributed by atoms with E-state index in [4.69, 9.17) is 9.47 Å². The van der Waals surface area contributed by atoms with E-state index in [1.807, 2.05) is 0 Å². The van der Waals surface area contributed by atoms with Gasteiger partial charge < -0.3 is 24.4 Å². The lowest BCUT2D eigenvalue weighted by atomic mass is 9.82. The van der Waals surface area contributed by atoms with E-state index in [0.29, 0.717) is 18.8 Å². The van der Waals surface area contributed by atoms with Gasteiger partial charge in [-0.2, -0.15) is 0 Å². The molecule has 1 N–H and O–H groups in total. The maximum absolute atomic E-state index is 13.3. The summed E-state index contributed by atoms with van der Waals surface area (Å²) in [6, 6.07) is 0. The zero-order valence-electron chi connectivity index (χ0n) is 47.4. The molecule has 2 atom stereocenters. The van der Waals surface area contributed by atoms with Crippen molar-refractivity contribution in [2.24, 2.45) is 17.8 Å². The van der Waals surface area contributed by atoms with Crippen LogP contribution in [0, 0.1) is 17.8 Å². The van der Waals surface area contributed by atoms with Gasteiger partial charge in [-0.25, -0.2) is 0 Å². The van der Waals surface area contributed by atoms with Crippen molar-refractivity contribution in [2.45, 2.75) is 278 Å². The summed E-state index contributed by atoms with van der Waals surface area (Å²) in [5.41, 5.74) is 3.16. The summed E-state index contributed by atoms with van der Waals surface area (Å²) < 4.78 is 12.2. The average molecular weight is 994 g/mol. The van der Waals surface area contributed by atoms with Crippen LogP contribution in [-0.4, -0.2) is 79.4 Å². The van der Waals surface area contributed by atoms with Gasteiger partial charge in [0.05, 0.1) is 19.8 Å². The fraction of sp³-hybridized carbons (Fsp3) is 0.844. The van der Waals surface area contributed by atoms with E-state index in [-0.39, 0.29) is 37.7 Å². The molecule has 0 bridgehead atoms. The lowest BCUT2D eigenvalue weighted by Gasteiger charge is -2.39. The number of unbranched alkanes of at least 4 members (excludes halogenated alkanes) is 21. The van der Waals surface area contributed by atoms with Crippen LogP contribution in [0.4, 0.5) is 0 Å². The molecule has 0 saturated heterocycles. The van der Waals surface area contributed by atoms with Crippen molar-refractivity contribution in [3.8, 4) is 0 Å². The number of rotatable bonds is 51. The Bertz CT molecular complexity index is 1360. The predicted molar refractivity (Wildman–Crippen MR) is 305 cm³/mol. The highest BCUT2D eigenvalue weighted by molar-refractivity contribution is 5.69. The van der Waals surface area contributed by atoms with Crippen molar-refractivity contribution in [3.63, 3.8) is 0 Å². The van der Waals surface area contributed by atoms with E-state index < -0.39 is 0 Å². The van der Waals surface area contributed by atoms with E-state index in [0.717, 1.165) is 109 Å². The van der Waals surface area contributed by atoms with Gasteiger partial charge in [0.25, 0.3) is 0 Å². The molecule has 2 unspecified atom stereocenters. The van der Waals surface area contributed by atoms with E-state index in [2.05, 4.69) is 74.0 Å². The van der Waals surface area contributed by atoms with Crippen LogP contribution in [0.15, 0.2) is 47.7 Å². The molecule has 0 radical (unpaired) electrons. The molecule has 71 heavy (non-hydrogen) atoms. The third kappa shape index (κ3) is 35.5. The molecule has 0 aromatic carbocycles. The highest BCUT2D eigenvalue weighted by Gasteiger charge is 2.29. The summed E-state index contributed by atoms with van der Waals surface area (Å²) in [5.74, 6) is 1.02. The Kier molecular flexibility index (Phi) is 43.2. The van der Waals surface area contributed by atoms with E-state index >= 15 is 0 Å². The minimum atomic E-state index is -0.124. The maximum atomic E-state index is 13.3. The second kappa shape index (κ2) is 47.3. The number of hydrogen-bond acceptors (Lipinski definition) is 7. The van der Waals surface area contributed by atoms with Gasteiger partial charge in [-0.1, -0.05) is 192 Å². The zero-order chi connectivity index (χ0) is 51.1. The minimum Gasteiger partial charge on any atom is -0.465 e. The summed E-state index contributed by atoms with van der Waals surface area (Å²) in [6.07, 6.45) is 59.6. The number of allylic oxidation sites excluding steroid dienone is 8. The van der Waals surface area contributed by atoms with Gasteiger partial charge in [0.15, 0.2) is 0 Å². The largest absolute Gasteiger partial charge is 0.465 e. The molecular formula is C64H116N2O5. The molecule has 0 heterocycles. The molecule has 2 aliphatic carbocycles. The molecule has 2 fully saturated rings. The minimum absolute atomic E-state index is 0.0994. The summed E-state index contributed by atoms with van der Waals surface area (Å²) in [5, 5.41) is 10.00. The fourth-order valence-corrected chi connectivity index (χ4v) is 10.4. The summed E-state index contributed by atoms with van der Waals surface area (Å²) in [6.45, 7) is 14.4. The van der Waals surface area contributed by atoms with Gasteiger partial charge in [0.2, 0.25) is 0 Å². The normalized spacial score (nSPS) is 15.0. The van der Waals surface area contributed by atoms with Crippen LogP contribution < -0.4 is 0 Å². The van der Waals surface area contributed by atoms with Crippen LogP contribution in [0.25, 0.3) is 0 Å². The van der Waals surface area contributed by atoms with Gasteiger partial charge in [0.1, 0.15) is 0 Å². The molecule has 7 heteroatoms. The summed E-state index contributed by atoms with van der Waals surface area (Å²) >= 11 is 0. The van der Waals surface area contributed by atoms with E-state index in [1.165, 1.54) is 167 Å². The monoisotopic (exact) mass is 993 g/mol. The van der Waals surface area contributed by atoms with Crippen LogP contribution >= 0.6 is 0 Å². The lowest BCUT2D eigenvalue weighted by molar-refractivity contribution is -0.149. The number of carbonyl (C=O) groups excluding carboxylic acids is 2. The van der Waals surface area contributed by atoms with Crippen molar-refractivity contribution in [3.05, 3.63) is 47.7 Å². The van der Waals surface area contributed by atoms with Crippen LogP contribution in [0.2, 0.25) is 0 Å². The van der Waals surface area contributed by atoms with Gasteiger partial charge in [-0.05, 0) is 141 Å². The Balaban J connectivity index is 2.01. The standard InChI is InChI=1S/C64H116N2O5/c1-5-9-12-14-16-18-20-22-24-26-28-30-32-34-37-47-62(68)70-56-59(57-71-63(69)48-38-35-33-31-29-27-25-23-21-19-17-15-13-10-6-2)55-66(51-41-50-65(53-54-67)52-49-58-42-39-43-58)64(61-45-40-46-61)60(8-4)44-36-11-7-3/h16,18,22-25,58-60,67H,5-15,17,19-21,26-57H2,1-4H3/b18-16-,24-22-,25-23-. The summed E-state index contributed by atoms with van der Waals surface area (Å²) in [4.78, 5) is 31.8. The second-order valence-corrected chi connectivity index (χ2v) is 21.9. The Morgan fingerprint density at radius 3 is 1.55 bits per heavy atom. The highest BCUT2D eigenvalue weighted by atomic mass is 16.5. The molecule has 0 spiro atoms. The molecule has 7 nitrogen and oxygen atoms in total. The van der Waals surface area contributed by atoms with Crippen molar-refractivity contribution in [1.29, 1.82) is 0 Å². The third-order valence-electron chi connectivity index (χ3n) is 15.5. The fourth-order valence-electron chi connectivity index (χ4n) is 10.4. The second-order valence-electron chi connectivity index (χ2n) is 21.9. The van der Waals surface area contributed by atoms with E-state index in [9.17, 15) is 14.7 Å². The average Bonchev–Trinajstić information content (AvgIpc) is 3.34. The first-order chi connectivity index (χ1) is 34.9. The molecule has 2 aliphatic rings. The number of hydrogen-bond donors (Lipinski definition) is 1. The Hall–Kier alpha value is -2.38. The Morgan fingerprint density at radius 1 is 0.563 bits per heavy atom. The number of carbonyl (C=O) groups is 2. The topological polar surface area (TPSA) is 79.3 Å². The molecule has 0 aromatic rings. The van der Waals surface area contributed by atoms with E-state index in [1.54, 1.807) is 11.3 Å². The van der Waals surface area contributed by atoms with Crippen molar-refractivity contribution in [2.75, 3.05) is 52.5 Å². The van der Waals surface area contributed by atoms with Crippen molar-refractivity contribution >= 4 is 11.9 Å². The Labute approximate surface area is 440 Å². The molecule has 0 aromatic heterocycles. The lowest BCUT2D eigenvalue weighted by Crippen LogP contribution is -2.40. The molecule has 0 aliphatic heterocycles. The molecule has 2 saturated carbocycles. The number of aliphatic hydroxyl groups excluding tert-OH is 1. The van der Waals surface area contributed by atoms with Crippen LogP contribution in [0.5, 0.6) is 0 Å². The first-order valence-electron chi connectivity index (χ1n) is 31.0. The Morgan fingerprint density at radius 2 is 1.06 bits per heavy atom. The smallest absolute Gasteiger partial charge is 0.305 e. The van der Waals surface area contributed by atoms with Crippen molar-refractivity contribution < 1.29 is 24.2 Å². The molecule has 2 rings (SSSR count). The number of nitrogens with zero attached hydrogens (tertiary/aromatic N) is 2. The number of ether oxygens (including phenoxy) is 2. The highest BCUT2D eigenvalue weighted by Crippen LogP contribution is 2.38. The maximum Gasteiger partial charge on any atom is 0.305 e. The molecule has 412 valence electrons. The molecular weight excluding hydrogens is 877 g/mol. The van der Waals surface area contributed by atoms with Crippen LogP contribution in [0.3, 0.4) is 0 Å². The number of esters is 2. The number of aliphatic hydroxyl groups is 1. The SMILES string of the molecule is CCCCC/C=C\C/C=C\CCCCCCCC(=O)OCC(COC(=O)CCCCCCC/C=C\CCCCCCCC)CN(CCCN(CCO)CCC1CCC1)C(=C1CCC1)C(CC)CCCCC. The van der Waals surface area contributed by atoms with Crippen molar-refractivity contribution in [1.82, 2.24) is 9.80 Å². The first-order valence-corrected chi connectivity index (χ1v) is 31.0. The van der Waals surface area contributed by atoms with Gasteiger partial charge in [-0.3, -0.25) is 9.59 Å². The quantitative estimate of drug-likeness (QED) is 0.0369. The van der Waals surface area contributed by atoms with Crippen LogP contribution in [-0.2, 0) is 19.1 Å². The van der Waals surface area contributed by atoms with Crippen LogP contribution in [0.1, 0.15) is 278 Å². The first kappa shape index (κ1) is 64.7. The van der Waals surface area contributed by atoms with Gasteiger partial charge >= 0.3 is 11.9 Å². The van der Waals surface area contributed by atoms with Gasteiger partial charge in [-0.15, -0.1) is 0 Å². The predicted octanol–water partition coefficient (Wildman–Crippen LogP) is 17.8. The van der Waals surface area contributed by atoms with Gasteiger partial charge in [0, 0.05) is 44.1 Å². The molecule has 0 amide bonds. The zero-order valence-corrected chi connectivity index (χ0v) is 47.4.